The average molecular weight is 540 g/mol. The van der Waals surface area contributed by atoms with Gasteiger partial charge in [0.25, 0.3) is 0 Å². The lowest BCUT2D eigenvalue weighted by Crippen LogP contribution is -2.41. The van der Waals surface area contributed by atoms with Crippen LogP contribution in [0.15, 0.2) is 27.6 Å². The van der Waals surface area contributed by atoms with Crippen LogP contribution in [0.25, 0.3) is 0 Å². The number of rotatable bonds is 8. The van der Waals surface area contributed by atoms with Crippen LogP contribution >= 0.6 is 11.8 Å². The lowest BCUT2D eigenvalue weighted by Gasteiger charge is -2.29. The van der Waals surface area contributed by atoms with Crippen molar-refractivity contribution < 1.29 is 33.9 Å². The Hall–Kier alpha value is -3.60. The van der Waals surface area contributed by atoms with Crippen molar-refractivity contribution in [2.45, 2.75) is 64.3 Å². The number of allylic oxidation sites excluding steroid dienone is 4. The molecule has 0 saturated heterocycles. The normalized spacial score (nSPS) is 22.4. The second-order valence-electron chi connectivity index (χ2n) is 10.1. The minimum atomic E-state index is -1.58. The number of aromatic nitrogens is 2. The summed E-state index contributed by atoms with van der Waals surface area (Å²) in [5.41, 5.74) is -1.40. The van der Waals surface area contributed by atoms with Crippen LogP contribution in [0.2, 0.25) is 0 Å². The molecule has 2 unspecified atom stereocenters. The van der Waals surface area contributed by atoms with Gasteiger partial charge in [0.1, 0.15) is 40.0 Å². The molecule has 1 aromatic heterocycles. The van der Waals surface area contributed by atoms with Crippen LogP contribution < -0.4 is 10.1 Å². The van der Waals surface area contributed by atoms with Crippen molar-refractivity contribution in [1.82, 2.24) is 15.5 Å². The molecule has 200 valence electrons. The first kappa shape index (κ1) is 26.0. The minimum absolute atomic E-state index is 0.00763. The molecule has 1 aromatic carbocycles. The fourth-order valence-corrected chi connectivity index (χ4v) is 5.56. The maximum atomic E-state index is 14.1. The highest BCUT2D eigenvalue weighted by atomic mass is 32.2. The van der Waals surface area contributed by atoms with E-state index in [0.717, 1.165) is 18.6 Å². The SMILES string of the molecule is CSCCC(NC(C)=C1C(=O)C=C2Oc3c(C(C)=O)c(O)c(C)c(O)c3C2(C)C1=O)c1nc(C2CC2)no1. The molecule has 0 radical (unpaired) electrons. The third kappa shape index (κ3) is 3.91. The van der Waals surface area contributed by atoms with Crippen LogP contribution in [0.3, 0.4) is 0 Å². The fraction of sp³-hybridized carbons (Fsp3) is 0.444. The molecule has 11 heteroatoms. The lowest BCUT2D eigenvalue weighted by molar-refractivity contribution is -0.123. The standard InChI is InChI=1S/C27H29N3O7S/c1-11-21(33)19(13(3)31)23-20(22(11)34)27(4)17(36-23)10-16(32)18(24(27)35)12(2)28-15(8-9-38-5)26-29-25(30-37-26)14-6-7-14/h10,14-15,28,33-34H,6-9H2,1-5H3. The molecule has 2 aromatic rings. The molecule has 2 aliphatic carbocycles. The zero-order chi connectivity index (χ0) is 27.5. The Kier molecular flexibility index (Phi) is 6.37. The van der Waals surface area contributed by atoms with Gasteiger partial charge in [-0.2, -0.15) is 16.7 Å². The van der Waals surface area contributed by atoms with Gasteiger partial charge in [-0.05, 0) is 59.0 Å². The number of hydrogen-bond donors (Lipinski definition) is 3. The highest BCUT2D eigenvalue weighted by molar-refractivity contribution is 7.98. The third-order valence-electron chi connectivity index (χ3n) is 7.46. The van der Waals surface area contributed by atoms with E-state index in [9.17, 15) is 24.6 Å². The Labute approximate surface area is 223 Å². The van der Waals surface area contributed by atoms with Gasteiger partial charge in [-0.25, -0.2) is 0 Å². The number of benzene rings is 1. The summed E-state index contributed by atoms with van der Waals surface area (Å²) in [6.45, 7) is 5.87. The van der Waals surface area contributed by atoms with Crippen LogP contribution in [0, 0.1) is 6.92 Å². The zero-order valence-corrected chi connectivity index (χ0v) is 22.6. The van der Waals surface area contributed by atoms with Gasteiger partial charge in [0.05, 0.1) is 11.1 Å². The summed E-state index contributed by atoms with van der Waals surface area (Å²) in [5.74, 6) is -0.425. The number of aromatic hydroxyl groups is 2. The van der Waals surface area contributed by atoms with Crippen molar-refractivity contribution in [3.63, 3.8) is 0 Å². The van der Waals surface area contributed by atoms with Crippen molar-refractivity contribution in [3.8, 4) is 17.2 Å². The van der Waals surface area contributed by atoms with Crippen LogP contribution in [-0.4, -0.2) is 49.7 Å². The van der Waals surface area contributed by atoms with E-state index in [4.69, 9.17) is 9.26 Å². The monoisotopic (exact) mass is 539 g/mol. The van der Waals surface area contributed by atoms with E-state index >= 15 is 0 Å². The van der Waals surface area contributed by atoms with Crippen LogP contribution in [0.5, 0.6) is 17.2 Å². The summed E-state index contributed by atoms with van der Waals surface area (Å²) >= 11 is 1.64. The molecule has 1 saturated carbocycles. The molecular weight excluding hydrogens is 510 g/mol. The van der Waals surface area contributed by atoms with Crippen LogP contribution in [-0.2, 0) is 15.0 Å². The van der Waals surface area contributed by atoms with Gasteiger partial charge in [0.2, 0.25) is 5.89 Å². The quantitative estimate of drug-likeness (QED) is 0.254. The number of nitrogens with one attached hydrogen (secondary N) is 1. The largest absolute Gasteiger partial charge is 0.507 e. The topological polar surface area (TPSA) is 152 Å². The third-order valence-corrected chi connectivity index (χ3v) is 8.10. The Morgan fingerprint density at radius 2 is 1.97 bits per heavy atom. The highest BCUT2D eigenvalue weighted by Gasteiger charge is 2.56. The van der Waals surface area contributed by atoms with E-state index in [1.54, 1.807) is 18.7 Å². The summed E-state index contributed by atoms with van der Waals surface area (Å²) in [6, 6.07) is -0.419. The second-order valence-corrected chi connectivity index (χ2v) is 11.1. The van der Waals surface area contributed by atoms with Gasteiger partial charge in [-0.15, -0.1) is 0 Å². The maximum absolute atomic E-state index is 14.1. The number of nitrogens with zero attached hydrogens (tertiary/aromatic N) is 2. The summed E-state index contributed by atoms with van der Waals surface area (Å²) in [7, 11) is 0. The van der Waals surface area contributed by atoms with E-state index in [1.807, 2.05) is 6.26 Å². The van der Waals surface area contributed by atoms with E-state index in [-0.39, 0.29) is 39.5 Å². The molecular formula is C27H29N3O7S. The maximum Gasteiger partial charge on any atom is 0.249 e. The molecule has 5 rings (SSSR count). The predicted molar refractivity (Wildman–Crippen MR) is 138 cm³/mol. The van der Waals surface area contributed by atoms with E-state index < -0.39 is 34.6 Å². The number of Topliss-reactive ketones (excluding diaryl/α,β-unsaturated/α-hetero) is 2. The number of carbonyl (C=O) groups is 3. The van der Waals surface area contributed by atoms with E-state index in [0.29, 0.717) is 29.8 Å². The number of hydrogen-bond acceptors (Lipinski definition) is 11. The number of fused-ring (bicyclic) bond motifs is 3. The van der Waals surface area contributed by atoms with Gasteiger partial charge < -0.3 is 24.8 Å². The van der Waals surface area contributed by atoms with Crippen LogP contribution in [0.1, 0.15) is 85.2 Å². The van der Waals surface area contributed by atoms with Gasteiger partial charge in [-0.3, -0.25) is 14.4 Å². The minimum Gasteiger partial charge on any atom is -0.507 e. The zero-order valence-electron chi connectivity index (χ0n) is 21.8. The molecule has 38 heavy (non-hydrogen) atoms. The molecule has 2 atom stereocenters. The van der Waals surface area contributed by atoms with Crippen LogP contribution in [0.4, 0.5) is 0 Å². The number of ketones is 3. The summed E-state index contributed by atoms with van der Waals surface area (Å²) in [4.78, 5) is 44.2. The fourth-order valence-electron chi connectivity index (χ4n) is 5.09. The molecule has 0 bridgehead atoms. The molecule has 3 N–H and O–H groups in total. The first-order valence-electron chi connectivity index (χ1n) is 12.4. The van der Waals surface area contributed by atoms with Gasteiger partial charge in [-0.1, -0.05) is 5.16 Å². The Balaban J connectivity index is 1.57. The van der Waals surface area contributed by atoms with Gasteiger partial charge in [0.15, 0.2) is 23.2 Å². The predicted octanol–water partition coefficient (Wildman–Crippen LogP) is 3.91. The molecule has 0 amide bonds. The average Bonchev–Trinajstić information content (AvgIpc) is 3.51. The Bertz CT molecular complexity index is 1450. The molecule has 10 nitrogen and oxygen atoms in total. The summed E-state index contributed by atoms with van der Waals surface area (Å²) in [5, 5.41) is 28.9. The van der Waals surface area contributed by atoms with Crippen molar-refractivity contribution in [2.75, 3.05) is 12.0 Å². The summed E-state index contributed by atoms with van der Waals surface area (Å²) in [6.07, 6.45) is 5.85. The van der Waals surface area contributed by atoms with Gasteiger partial charge in [0, 0.05) is 23.3 Å². The molecule has 1 fully saturated rings. The highest BCUT2D eigenvalue weighted by Crippen LogP contribution is 2.57. The summed E-state index contributed by atoms with van der Waals surface area (Å²) < 4.78 is 11.4. The number of ether oxygens (including phenoxy) is 1. The van der Waals surface area contributed by atoms with Crippen molar-refractivity contribution in [3.05, 3.63) is 51.5 Å². The lowest BCUT2D eigenvalue weighted by atomic mass is 9.70. The molecule has 0 spiro atoms. The van der Waals surface area contributed by atoms with E-state index in [1.165, 1.54) is 26.8 Å². The van der Waals surface area contributed by atoms with Crippen molar-refractivity contribution in [2.24, 2.45) is 0 Å². The first-order valence-corrected chi connectivity index (χ1v) is 13.8. The number of phenols is 2. The molecule has 1 aliphatic heterocycles. The van der Waals surface area contributed by atoms with Gasteiger partial charge >= 0.3 is 0 Å². The van der Waals surface area contributed by atoms with Crippen molar-refractivity contribution >= 4 is 29.1 Å². The number of phenolic OH excluding ortho intramolecular Hbond substituents is 2. The Morgan fingerprint density at radius 1 is 1.26 bits per heavy atom. The number of thioether (sulfide) groups is 1. The molecule has 2 heterocycles. The van der Waals surface area contributed by atoms with Crippen molar-refractivity contribution in [1.29, 1.82) is 0 Å². The molecule has 3 aliphatic rings. The Morgan fingerprint density at radius 3 is 2.61 bits per heavy atom. The van der Waals surface area contributed by atoms with E-state index in [2.05, 4.69) is 15.5 Å². The second kappa shape index (κ2) is 9.30. The number of carbonyl (C=O) groups excluding carboxylic acids is 3. The first-order chi connectivity index (χ1) is 18.0. The smallest absolute Gasteiger partial charge is 0.249 e.